The molecule has 152 valence electrons. The molecule has 0 aliphatic carbocycles. The molecule has 3 aromatic rings. The zero-order valence-corrected chi connectivity index (χ0v) is 16.5. The van der Waals surface area contributed by atoms with Gasteiger partial charge < -0.3 is 14.8 Å². The molecule has 1 atom stereocenters. The number of aromatic nitrogens is 3. The lowest BCUT2D eigenvalue weighted by molar-refractivity contribution is -0.122. The number of fused-ring (bicyclic) bond motifs is 1. The first-order valence-electron chi connectivity index (χ1n) is 9.75. The van der Waals surface area contributed by atoms with Gasteiger partial charge in [0.1, 0.15) is 17.8 Å². The quantitative estimate of drug-likeness (QED) is 0.655. The number of carbonyl (C=O) groups excluding carboxylic acids is 1. The van der Waals surface area contributed by atoms with Crippen LogP contribution in [0.15, 0.2) is 48.5 Å². The number of morpholine rings is 1. The summed E-state index contributed by atoms with van der Waals surface area (Å²) in [4.78, 5) is 15.0. The van der Waals surface area contributed by atoms with Gasteiger partial charge in [0.25, 0.3) is 0 Å². The van der Waals surface area contributed by atoms with Crippen molar-refractivity contribution >= 4 is 16.9 Å². The standard InChI is InChI=1S/C21H25N5O3/c1-28-17-8-6-16(7-9-17)20(25-10-12-29-13-11-25)14-22-21(27)15-26-19-5-3-2-4-18(19)23-24-26/h2-9,20H,10-15H2,1H3,(H,22,27). The van der Waals surface area contributed by atoms with Crippen molar-refractivity contribution in [2.24, 2.45) is 0 Å². The monoisotopic (exact) mass is 395 g/mol. The SMILES string of the molecule is COc1ccc(C(CNC(=O)Cn2nnc3ccccc32)N2CCOCC2)cc1. The third-order valence-electron chi connectivity index (χ3n) is 5.19. The highest BCUT2D eigenvalue weighted by Gasteiger charge is 2.23. The third-order valence-corrected chi connectivity index (χ3v) is 5.19. The van der Waals surface area contributed by atoms with Crippen molar-refractivity contribution in [2.75, 3.05) is 40.0 Å². The zero-order chi connectivity index (χ0) is 20.1. The van der Waals surface area contributed by atoms with E-state index in [9.17, 15) is 4.79 Å². The first-order valence-corrected chi connectivity index (χ1v) is 9.75. The second kappa shape index (κ2) is 9.02. The Morgan fingerprint density at radius 2 is 1.93 bits per heavy atom. The van der Waals surface area contributed by atoms with Crippen molar-refractivity contribution in [3.63, 3.8) is 0 Å². The first-order chi connectivity index (χ1) is 14.2. The number of methoxy groups -OCH3 is 1. The summed E-state index contributed by atoms with van der Waals surface area (Å²) < 4.78 is 12.4. The molecule has 0 radical (unpaired) electrons. The van der Waals surface area contributed by atoms with Crippen LogP contribution < -0.4 is 10.1 Å². The van der Waals surface area contributed by atoms with Gasteiger partial charge in [0.05, 0.1) is 31.9 Å². The number of hydrogen-bond donors (Lipinski definition) is 1. The van der Waals surface area contributed by atoms with E-state index in [1.54, 1.807) is 11.8 Å². The van der Waals surface area contributed by atoms with Gasteiger partial charge in [0.15, 0.2) is 0 Å². The molecule has 2 aromatic carbocycles. The molecular formula is C21H25N5O3. The van der Waals surface area contributed by atoms with Gasteiger partial charge in [-0.05, 0) is 29.8 Å². The molecule has 1 unspecified atom stereocenters. The Bertz CT molecular complexity index is 950. The molecule has 1 aliphatic rings. The minimum Gasteiger partial charge on any atom is -0.497 e. The number of amides is 1. The molecule has 1 saturated heterocycles. The molecule has 1 aliphatic heterocycles. The van der Waals surface area contributed by atoms with Crippen LogP contribution >= 0.6 is 0 Å². The van der Waals surface area contributed by atoms with Crippen molar-refractivity contribution < 1.29 is 14.3 Å². The topological polar surface area (TPSA) is 81.5 Å². The third kappa shape index (κ3) is 4.55. The van der Waals surface area contributed by atoms with Crippen molar-refractivity contribution in [3.8, 4) is 5.75 Å². The summed E-state index contributed by atoms with van der Waals surface area (Å²) >= 11 is 0. The fourth-order valence-corrected chi connectivity index (χ4v) is 3.61. The number of para-hydroxylation sites is 1. The van der Waals surface area contributed by atoms with E-state index in [1.807, 2.05) is 36.4 Å². The summed E-state index contributed by atoms with van der Waals surface area (Å²) in [5.41, 5.74) is 2.77. The Balaban J connectivity index is 1.44. The van der Waals surface area contributed by atoms with Crippen LogP contribution in [0, 0.1) is 0 Å². The highest BCUT2D eigenvalue weighted by atomic mass is 16.5. The minimum absolute atomic E-state index is 0.0706. The van der Waals surface area contributed by atoms with Gasteiger partial charge in [-0.25, -0.2) is 4.68 Å². The predicted octanol–water partition coefficient (Wildman–Crippen LogP) is 1.63. The van der Waals surface area contributed by atoms with E-state index >= 15 is 0 Å². The maximum atomic E-state index is 12.6. The van der Waals surface area contributed by atoms with Crippen molar-refractivity contribution in [1.29, 1.82) is 0 Å². The van der Waals surface area contributed by atoms with Crippen LogP contribution in [0.3, 0.4) is 0 Å². The molecular weight excluding hydrogens is 370 g/mol. The second-order valence-corrected chi connectivity index (χ2v) is 6.98. The minimum atomic E-state index is -0.0903. The predicted molar refractivity (Wildman–Crippen MR) is 109 cm³/mol. The number of nitrogens with one attached hydrogen (secondary N) is 1. The molecule has 0 bridgehead atoms. The summed E-state index contributed by atoms with van der Waals surface area (Å²) in [5, 5.41) is 11.3. The van der Waals surface area contributed by atoms with Gasteiger partial charge in [0.2, 0.25) is 5.91 Å². The Labute approximate surface area is 169 Å². The Kier molecular flexibility index (Phi) is 6.02. The molecule has 1 N–H and O–H groups in total. The largest absolute Gasteiger partial charge is 0.497 e. The Morgan fingerprint density at radius 3 is 2.69 bits per heavy atom. The second-order valence-electron chi connectivity index (χ2n) is 6.98. The smallest absolute Gasteiger partial charge is 0.241 e. The van der Waals surface area contributed by atoms with Crippen LogP contribution in [0.1, 0.15) is 11.6 Å². The highest BCUT2D eigenvalue weighted by Crippen LogP contribution is 2.23. The van der Waals surface area contributed by atoms with Crippen LogP contribution in [0.25, 0.3) is 11.0 Å². The number of carbonyl (C=O) groups is 1. The average Bonchev–Trinajstić information content (AvgIpc) is 3.18. The lowest BCUT2D eigenvalue weighted by atomic mass is 10.0. The van der Waals surface area contributed by atoms with Crippen molar-refractivity contribution in [3.05, 3.63) is 54.1 Å². The van der Waals surface area contributed by atoms with Gasteiger partial charge in [-0.15, -0.1) is 5.10 Å². The van der Waals surface area contributed by atoms with Gasteiger partial charge in [-0.2, -0.15) is 0 Å². The molecule has 8 heteroatoms. The molecule has 1 amide bonds. The van der Waals surface area contributed by atoms with Gasteiger partial charge in [-0.3, -0.25) is 9.69 Å². The van der Waals surface area contributed by atoms with E-state index in [0.29, 0.717) is 19.8 Å². The normalized spacial score (nSPS) is 15.9. The number of hydrogen-bond acceptors (Lipinski definition) is 6. The molecule has 4 rings (SSSR count). The average molecular weight is 395 g/mol. The van der Waals surface area contributed by atoms with E-state index in [2.05, 4.69) is 32.7 Å². The maximum Gasteiger partial charge on any atom is 0.241 e. The lowest BCUT2D eigenvalue weighted by Crippen LogP contribution is -2.44. The summed E-state index contributed by atoms with van der Waals surface area (Å²) in [6.45, 7) is 3.72. The molecule has 1 aromatic heterocycles. The number of ether oxygens (including phenoxy) is 2. The maximum absolute atomic E-state index is 12.6. The van der Waals surface area contributed by atoms with Crippen LogP contribution in [-0.4, -0.2) is 65.8 Å². The van der Waals surface area contributed by atoms with Crippen LogP contribution in [0.5, 0.6) is 5.75 Å². The number of benzene rings is 2. The molecule has 2 heterocycles. The van der Waals surface area contributed by atoms with Crippen molar-refractivity contribution in [2.45, 2.75) is 12.6 Å². The summed E-state index contributed by atoms with van der Waals surface area (Å²) in [7, 11) is 1.66. The van der Waals surface area contributed by atoms with E-state index in [0.717, 1.165) is 35.4 Å². The summed E-state index contributed by atoms with van der Waals surface area (Å²) in [6.07, 6.45) is 0. The van der Waals surface area contributed by atoms with E-state index in [-0.39, 0.29) is 18.5 Å². The lowest BCUT2D eigenvalue weighted by Gasteiger charge is -2.35. The van der Waals surface area contributed by atoms with E-state index < -0.39 is 0 Å². The van der Waals surface area contributed by atoms with E-state index in [4.69, 9.17) is 9.47 Å². The molecule has 0 saturated carbocycles. The van der Waals surface area contributed by atoms with E-state index in [1.165, 1.54) is 0 Å². The van der Waals surface area contributed by atoms with Crippen LogP contribution in [0.2, 0.25) is 0 Å². The van der Waals surface area contributed by atoms with Crippen LogP contribution in [-0.2, 0) is 16.1 Å². The van der Waals surface area contributed by atoms with Gasteiger partial charge in [0, 0.05) is 19.6 Å². The van der Waals surface area contributed by atoms with Crippen molar-refractivity contribution in [1.82, 2.24) is 25.2 Å². The fourth-order valence-electron chi connectivity index (χ4n) is 3.61. The Morgan fingerprint density at radius 1 is 1.17 bits per heavy atom. The Hall–Kier alpha value is -2.97. The zero-order valence-electron chi connectivity index (χ0n) is 16.5. The molecule has 8 nitrogen and oxygen atoms in total. The molecule has 0 spiro atoms. The van der Waals surface area contributed by atoms with Crippen LogP contribution in [0.4, 0.5) is 0 Å². The number of nitrogens with zero attached hydrogens (tertiary/aromatic N) is 4. The number of rotatable bonds is 7. The molecule has 1 fully saturated rings. The fraction of sp³-hybridized carbons (Fsp3) is 0.381. The first kappa shape index (κ1) is 19.4. The highest BCUT2D eigenvalue weighted by molar-refractivity contribution is 5.79. The molecule has 29 heavy (non-hydrogen) atoms. The summed E-state index contributed by atoms with van der Waals surface area (Å²) in [5.74, 6) is 0.726. The van der Waals surface area contributed by atoms with Gasteiger partial charge >= 0.3 is 0 Å². The van der Waals surface area contributed by atoms with Gasteiger partial charge in [-0.1, -0.05) is 29.5 Å². The summed E-state index contributed by atoms with van der Waals surface area (Å²) in [6, 6.07) is 15.7.